The molecule has 3 aromatic heterocycles. The third-order valence-corrected chi connectivity index (χ3v) is 5.54. The number of fused-ring (bicyclic) bond motifs is 2. The standard InChI is InChI=1S/C17H17ClN8O2/c18-10-6-11(22-13-9-7-21-24-14(9)20-8-19-13)16(28)26-12(10)15(27)23-17(25-26)4-2-1-3-5-17/h6-8,25H,1-5H2,(H,23,27)(H2,19,20,21,22,24). The van der Waals surface area contributed by atoms with Crippen molar-refractivity contribution >= 4 is 40.0 Å². The first-order valence-electron chi connectivity index (χ1n) is 9.04. The molecular formula is C17H17ClN8O2. The normalized spacial score (nSPS) is 17.8. The van der Waals surface area contributed by atoms with Crippen molar-refractivity contribution in [3.05, 3.63) is 39.7 Å². The first-order chi connectivity index (χ1) is 13.6. The quantitative estimate of drug-likeness (QED) is 0.516. The van der Waals surface area contributed by atoms with Crippen LogP contribution in [0.1, 0.15) is 42.6 Å². The van der Waals surface area contributed by atoms with Gasteiger partial charge in [-0.15, -0.1) is 0 Å². The molecule has 1 aliphatic carbocycles. The van der Waals surface area contributed by atoms with Gasteiger partial charge in [-0.2, -0.15) is 5.10 Å². The summed E-state index contributed by atoms with van der Waals surface area (Å²) in [6.07, 6.45) is 7.49. The third-order valence-electron chi connectivity index (χ3n) is 5.26. The van der Waals surface area contributed by atoms with Gasteiger partial charge in [0.15, 0.2) is 5.65 Å². The van der Waals surface area contributed by atoms with E-state index >= 15 is 0 Å². The monoisotopic (exact) mass is 400 g/mol. The molecule has 11 heteroatoms. The lowest BCUT2D eigenvalue weighted by atomic mass is 9.88. The number of nitrogens with one attached hydrogen (secondary N) is 4. The van der Waals surface area contributed by atoms with Gasteiger partial charge < -0.3 is 10.6 Å². The van der Waals surface area contributed by atoms with Crippen LogP contribution in [0.2, 0.25) is 5.02 Å². The number of pyridine rings is 1. The Kier molecular flexibility index (Phi) is 3.76. The number of H-pyrrole nitrogens is 1. The molecule has 0 radical (unpaired) electrons. The summed E-state index contributed by atoms with van der Waals surface area (Å²) in [6, 6.07) is 1.43. The highest BCUT2D eigenvalue weighted by atomic mass is 35.5. The fourth-order valence-corrected chi connectivity index (χ4v) is 4.17. The minimum absolute atomic E-state index is 0.101. The average Bonchev–Trinajstić information content (AvgIpc) is 3.16. The number of aromatic amines is 1. The van der Waals surface area contributed by atoms with Gasteiger partial charge in [-0.1, -0.05) is 18.0 Å². The van der Waals surface area contributed by atoms with Crippen LogP contribution in [0.15, 0.2) is 23.4 Å². The van der Waals surface area contributed by atoms with Gasteiger partial charge in [0, 0.05) is 0 Å². The topological polar surface area (TPSA) is 130 Å². The number of hydrogen-bond donors (Lipinski definition) is 4. The summed E-state index contributed by atoms with van der Waals surface area (Å²) in [6.45, 7) is 0. The largest absolute Gasteiger partial charge is 0.335 e. The zero-order valence-corrected chi connectivity index (χ0v) is 15.5. The number of anilines is 2. The number of halogens is 1. The van der Waals surface area contributed by atoms with Crippen molar-refractivity contribution in [2.45, 2.75) is 37.8 Å². The van der Waals surface area contributed by atoms with E-state index in [2.05, 4.69) is 36.2 Å². The Morgan fingerprint density at radius 3 is 2.82 bits per heavy atom. The van der Waals surface area contributed by atoms with E-state index in [-0.39, 0.29) is 22.3 Å². The fourth-order valence-electron chi connectivity index (χ4n) is 3.89. The predicted molar refractivity (Wildman–Crippen MR) is 103 cm³/mol. The van der Waals surface area contributed by atoms with Crippen LogP contribution in [0.3, 0.4) is 0 Å². The molecule has 4 heterocycles. The van der Waals surface area contributed by atoms with Crippen LogP contribution in [0, 0.1) is 0 Å². The molecule has 5 rings (SSSR count). The summed E-state index contributed by atoms with van der Waals surface area (Å²) in [5.41, 5.74) is 3.02. The van der Waals surface area contributed by atoms with Gasteiger partial charge in [0.1, 0.15) is 29.2 Å². The molecule has 4 N–H and O–H groups in total. The number of hydrogen-bond acceptors (Lipinski definition) is 7. The van der Waals surface area contributed by atoms with Gasteiger partial charge in [0.05, 0.1) is 16.6 Å². The maximum Gasteiger partial charge on any atom is 0.293 e. The van der Waals surface area contributed by atoms with Gasteiger partial charge >= 0.3 is 0 Å². The van der Waals surface area contributed by atoms with E-state index in [0.29, 0.717) is 16.9 Å². The van der Waals surface area contributed by atoms with Gasteiger partial charge in [-0.3, -0.25) is 20.1 Å². The van der Waals surface area contributed by atoms with E-state index in [9.17, 15) is 9.59 Å². The van der Waals surface area contributed by atoms with Crippen LogP contribution >= 0.6 is 11.6 Å². The highest BCUT2D eigenvalue weighted by molar-refractivity contribution is 6.34. The number of carbonyl (C=O) groups is 1. The van der Waals surface area contributed by atoms with E-state index in [1.807, 2.05) is 0 Å². The number of nitrogens with zero attached hydrogens (tertiary/aromatic N) is 4. The molecule has 0 bridgehead atoms. The van der Waals surface area contributed by atoms with E-state index in [1.54, 1.807) is 6.20 Å². The Morgan fingerprint density at radius 2 is 2.00 bits per heavy atom. The molecule has 28 heavy (non-hydrogen) atoms. The molecule has 1 aliphatic heterocycles. The molecule has 2 aliphatic rings. The molecule has 3 aromatic rings. The maximum absolute atomic E-state index is 13.1. The van der Waals surface area contributed by atoms with Crippen molar-refractivity contribution in [1.29, 1.82) is 0 Å². The Labute approximate surface area is 163 Å². The van der Waals surface area contributed by atoms with E-state index in [0.717, 1.165) is 32.1 Å². The van der Waals surface area contributed by atoms with Gasteiger partial charge in [-0.25, -0.2) is 14.6 Å². The second-order valence-electron chi connectivity index (χ2n) is 7.08. The predicted octanol–water partition coefficient (Wildman–Crippen LogP) is 1.86. The average molecular weight is 401 g/mol. The van der Waals surface area contributed by atoms with Crippen molar-refractivity contribution in [3.63, 3.8) is 0 Å². The summed E-state index contributed by atoms with van der Waals surface area (Å²) < 4.78 is 1.25. The van der Waals surface area contributed by atoms with Crippen molar-refractivity contribution in [1.82, 2.24) is 30.2 Å². The van der Waals surface area contributed by atoms with Crippen molar-refractivity contribution in [2.24, 2.45) is 0 Å². The van der Waals surface area contributed by atoms with Crippen molar-refractivity contribution in [3.8, 4) is 0 Å². The second kappa shape index (κ2) is 6.20. The van der Waals surface area contributed by atoms with E-state index < -0.39 is 11.2 Å². The van der Waals surface area contributed by atoms with Crippen LogP contribution in [-0.4, -0.2) is 36.4 Å². The SMILES string of the molecule is O=C1NC2(CCCCC2)Nn2c1c(Cl)cc(Nc1ncnc3[nH]ncc13)c2=O. The molecular weight excluding hydrogens is 384 g/mol. The maximum atomic E-state index is 13.1. The zero-order valence-electron chi connectivity index (χ0n) is 14.8. The lowest BCUT2D eigenvalue weighted by Crippen LogP contribution is -2.64. The number of rotatable bonds is 2. The van der Waals surface area contributed by atoms with Crippen LogP contribution in [0.25, 0.3) is 11.0 Å². The lowest BCUT2D eigenvalue weighted by molar-refractivity contribution is 0.0834. The Morgan fingerprint density at radius 1 is 1.18 bits per heavy atom. The molecule has 10 nitrogen and oxygen atoms in total. The molecule has 0 aromatic carbocycles. The molecule has 0 unspecified atom stereocenters. The van der Waals surface area contributed by atoms with Crippen LogP contribution in [-0.2, 0) is 0 Å². The minimum atomic E-state index is -0.624. The number of aromatic nitrogens is 5. The molecule has 144 valence electrons. The number of amides is 1. The van der Waals surface area contributed by atoms with Gasteiger partial charge in [-0.05, 0) is 31.7 Å². The fraction of sp³-hybridized carbons (Fsp3) is 0.353. The van der Waals surface area contributed by atoms with Crippen molar-refractivity contribution in [2.75, 3.05) is 10.7 Å². The number of carbonyl (C=O) groups excluding carboxylic acids is 1. The molecule has 0 atom stereocenters. The Balaban J connectivity index is 1.59. The summed E-state index contributed by atoms with van der Waals surface area (Å²) >= 11 is 6.35. The summed E-state index contributed by atoms with van der Waals surface area (Å²) in [5.74, 6) is 0.0636. The molecule has 1 fully saturated rings. The van der Waals surface area contributed by atoms with Gasteiger partial charge in [0.2, 0.25) is 0 Å². The lowest BCUT2D eigenvalue weighted by Gasteiger charge is -2.43. The van der Waals surface area contributed by atoms with Gasteiger partial charge in [0.25, 0.3) is 11.5 Å². The molecule has 1 saturated carbocycles. The van der Waals surface area contributed by atoms with Crippen LogP contribution < -0.4 is 21.6 Å². The second-order valence-corrected chi connectivity index (χ2v) is 7.49. The van der Waals surface area contributed by atoms with Crippen LogP contribution in [0.4, 0.5) is 11.5 Å². The van der Waals surface area contributed by atoms with Crippen LogP contribution in [0.5, 0.6) is 0 Å². The van der Waals surface area contributed by atoms with E-state index in [4.69, 9.17) is 11.6 Å². The van der Waals surface area contributed by atoms with Crippen molar-refractivity contribution < 1.29 is 4.79 Å². The molecule has 1 spiro atoms. The third kappa shape index (κ3) is 2.60. The van der Waals surface area contributed by atoms with E-state index in [1.165, 1.54) is 17.1 Å². The Bertz CT molecular complexity index is 1150. The first kappa shape index (κ1) is 17.0. The highest BCUT2D eigenvalue weighted by Crippen LogP contribution is 2.31. The zero-order chi connectivity index (χ0) is 19.3. The summed E-state index contributed by atoms with van der Waals surface area (Å²) in [7, 11) is 0. The summed E-state index contributed by atoms with van der Waals surface area (Å²) in [4.78, 5) is 34.1. The smallest absolute Gasteiger partial charge is 0.293 e. The minimum Gasteiger partial charge on any atom is -0.335 e. The molecule has 0 saturated heterocycles. The Hall–Kier alpha value is -3.14. The summed E-state index contributed by atoms with van der Waals surface area (Å²) in [5, 5.41) is 13.5. The highest BCUT2D eigenvalue weighted by Gasteiger charge is 2.40. The first-order valence-corrected chi connectivity index (χ1v) is 9.41. The molecule has 1 amide bonds.